The molecule has 0 aliphatic rings. The molecule has 0 spiro atoms. The molecule has 0 saturated carbocycles. The van der Waals surface area contributed by atoms with E-state index in [0.29, 0.717) is 5.82 Å². The third-order valence-corrected chi connectivity index (χ3v) is 2.16. The van der Waals surface area contributed by atoms with Crippen LogP contribution < -0.4 is 4.90 Å². The fraction of sp³-hybridized carbons (Fsp3) is 0.500. The summed E-state index contributed by atoms with van der Waals surface area (Å²) in [6, 6.07) is -0.146. The van der Waals surface area contributed by atoms with E-state index in [1.54, 1.807) is 18.9 Å². The van der Waals surface area contributed by atoms with E-state index in [2.05, 4.69) is 9.97 Å². The Labute approximate surface area is 87.0 Å². The Hall–Kier alpha value is -1.07. The Balaban J connectivity index is 2.99. The Morgan fingerprint density at radius 1 is 1.64 bits per heavy atom. The summed E-state index contributed by atoms with van der Waals surface area (Å²) in [5, 5.41) is 18.4. The van der Waals surface area contributed by atoms with E-state index in [0.717, 1.165) is 0 Å². The Bertz CT molecular complexity index is 321. The molecular weight excluding hydrogens is 206 g/mol. The van der Waals surface area contributed by atoms with E-state index in [4.69, 9.17) is 16.7 Å². The van der Waals surface area contributed by atoms with Crippen molar-refractivity contribution < 1.29 is 10.2 Å². The molecule has 78 valence electrons. The topological polar surface area (TPSA) is 69.5 Å². The third kappa shape index (κ3) is 2.24. The normalized spacial score (nSPS) is 12.6. The number of anilines is 1. The van der Waals surface area contributed by atoms with Gasteiger partial charge in [-0.2, -0.15) is 4.98 Å². The van der Waals surface area contributed by atoms with Crippen molar-refractivity contribution >= 4 is 17.4 Å². The van der Waals surface area contributed by atoms with Crippen molar-refractivity contribution in [3.05, 3.63) is 11.5 Å². The van der Waals surface area contributed by atoms with Crippen LogP contribution in [0.1, 0.15) is 6.92 Å². The number of halogens is 1. The van der Waals surface area contributed by atoms with Gasteiger partial charge in [-0.15, -0.1) is 0 Å². The number of hydrogen-bond donors (Lipinski definition) is 2. The highest BCUT2D eigenvalue weighted by Crippen LogP contribution is 2.24. The summed E-state index contributed by atoms with van der Waals surface area (Å²) < 4.78 is 0. The molecule has 0 radical (unpaired) electrons. The van der Waals surface area contributed by atoms with Gasteiger partial charge in [0.05, 0.1) is 18.8 Å². The van der Waals surface area contributed by atoms with Crippen LogP contribution >= 0.6 is 11.6 Å². The Morgan fingerprint density at radius 2 is 2.29 bits per heavy atom. The summed E-state index contributed by atoms with van der Waals surface area (Å²) in [5.41, 5.74) is 0. The molecule has 0 unspecified atom stereocenters. The second-order valence-electron chi connectivity index (χ2n) is 2.99. The first-order chi connectivity index (χ1) is 6.56. The minimum atomic E-state index is -0.146. The number of nitrogens with zero attached hydrogens (tertiary/aromatic N) is 3. The molecule has 1 rings (SSSR count). The smallest absolute Gasteiger partial charge is 0.224 e. The van der Waals surface area contributed by atoms with Crippen molar-refractivity contribution in [2.45, 2.75) is 13.0 Å². The molecule has 1 heterocycles. The molecule has 0 saturated heterocycles. The number of aliphatic hydroxyl groups is 1. The average molecular weight is 218 g/mol. The van der Waals surface area contributed by atoms with E-state index in [1.807, 2.05) is 0 Å². The molecule has 2 N–H and O–H groups in total. The van der Waals surface area contributed by atoms with Gasteiger partial charge in [0.1, 0.15) is 0 Å². The van der Waals surface area contributed by atoms with Crippen LogP contribution in [0, 0.1) is 0 Å². The number of aromatic hydroxyl groups is 1. The third-order valence-electron chi connectivity index (χ3n) is 1.98. The zero-order valence-corrected chi connectivity index (χ0v) is 8.73. The zero-order valence-electron chi connectivity index (χ0n) is 7.98. The van der Waals surface area contributed by atoms with E-state index in [-0.39, 0.29) is 23.7 Å². The van der Waals surface area contributed by atoms with Crippen LogP contribution in [0.25, 0.3) is 0 Å². The maximum absolute atomic E-state index is 9.44. The van der Waals surface area contributed by atoms with Gasteiger partial charge in [0, 0.05) is 7.05 Å². The fourth-order valence-electron chi connectivity index (χ4n) is 0.936. The minimum Gasteiger partial charge on any atom is -0.503 e. The summed E-state index contributed by atoms with van der Waals surface area (Å²) in [6.45, 7) is 1.77. The van der Waals surface area contributed by atoms with E-state index >= 15 is 0 Å². The lowest BCUT2D eigenvalue weighted by atomic mass is 10.3. The first-order valence-corrected chi connectivity index (χ1v) is 4.49. The number of aliphatic hydroxyl groups excluding tert-OH is 1. The number of likely N-dealkylation sites (N-methyl/N-ethyl adjacent to an activating group) is 1. The van der Waals surface area contributed by atoms with Gasteiger partial charge < -0.3 is 15.1 Å². The molecule has 14 heavy (non-hydrogen) atoms. The Morgan fingerprint density at radius 3 is 2.86 bits per heavy atom. The number of aromatic nitrogens is 2. The van der Waals surface area contributed by atoms with Gasteiger partial charge in [-0.1, -0.05) is 0 Å². The van der Waals surface area contributed by atoms with Crippen LogP contribution in [0.5, 0.6) is 5.75 Å². The monoisotopic (exact) mass is 217 g/mol. The van der Waals surface area contributed by atoms with Crippen LogP contribution in [-0.4, -0.2) is 39.9 Å². The second-order valence-corrected chi connectivity index (χ2v) is 3.33. The minimum absolute atomic E-state index is 0.0302. The lowest BCUT2D eigenvalue weighted by molar-refractivity contribution is 0.269. The molecule has 6 heteroatoms. The quantitative estimate of drug-likeness (QED) is 0.728. The second kappa shape index (κ2) is 4.43. The lowest BCUT2D eigenvalue weighted by Crippen LogP contribution is -2.32. The highest BCUT2D eigenvalue weighted by molar-refractivity contribution is 6.28. The van der Waals surface area contributed by atoms with Crippen molar-refractivity contribution in [1.29, 1.82) is 0 Å². The molecule has 1 aromatic rings. The maximum Gasteiger partial charge on any atom is 0.224 e. The summed E-state index contributed by atoms with van der Waals surface area (Å²) in [6.07, 6.45) is 1.23. The van der Waals surface area contributed by atoms with Gasteiger partial charge in [-0.05, 0) is 18.5 Å². The van der Waals surface area contributed by atoms with Crippen molar-refractivity contribution in [2.75, 3.05) is 18.6 Å². The first kappa shape index (κ1) is 11.0. The highest BCUT2D eigenvalue weighted by atomic mass is 35.5. The van der Waals surface area contributed by atoms with Gasteiger partial charge >= 0.3 is 0 Å². The van der Waals surface area contributed by atoms with Gasteiger partial charge in [0.2, 0.25) is 5.28 Å². The molecular formula is C8H12ClN3O2. The predicted molar refractivity (Wildman–Crippen MR) is 53.7 cm³/mol. The zero-order chi connectivity index (χ0) is 10.7. The SMILES string of the molecule is C[C@@H](CO)N(C)c1nc(Cl)ncc1O. The van der Waals surface area contributed by atoms with Crippen LogP contribution in [0.2, 0.25) is 5.28 Å². The number of hydrogen-bond acceptors (Lipinski definition) is 5. The van der Waals surface area contributed by atoms with Crippen LogP contribution in [0.4, 0.5) is 5.82 Å². The van der Waals surface area contributed by atoms with E-state index < -0.39 is 0 Å². The molecule has 0 bridgehead atoms. The standard InChI is InChI=1S/C8H12ClN3O2/c1-5(4-13)12(2)7-6(14)3-10-8(9)11-7/h3,5,13-14H,4H2,1-2H3/t5-/m0/s1. The van der Waals surface area contributed by atoms with Crippen LogP contribution in [0.15, 0.2) is 6.20 Å². The number of rotatable bonds is 3. The lowest BCUT2D eigenvalue weighted by Gasteiger charge is -2.24. The van der Waals surface area contributed by atoms with E-state index in [1.165, 1.54) is 6.20 Å². The summed E-state index contributed by atoms with van der Waals surface area (Å²) in [4.78, 5) is 9.11. The van der Waals surface area contributed by atoms with Crippen molar-refractivity contribution in [2.24, 2.45) is 0 Å². The van der Waals surface area contributed by atoms with Gasteiger partial charge in [-0.3, -0.25) is 0 Å². The summed E-state index contributed by atoms with van der Waals surface area (Å²) in [5.74, 6) is 0.253. The first-order valence-electron chi connectivity index (χ1n) is 4.11. The van der Waals surface area contributed by atoms with Crippen molar-refractivity contribution in [1.82, 2.24) is 9.97 Å². The maximum atomic E-state index is 9.44. The Kier molecular flexibility index (Phi) is 3.49. The molecule has 0 aliphatic carbocycles. The van der Waals surface area contributed by atoms with Crippen LogP contribution in [-0.2, 0) is 0 Å². The fourth-order valence-corrected chi connectivity index (χ4v) is 1.07. The average Bonchev–Trinajstić information content (AvgIpc) is 2.19. The highest BCUT2D eigenvalue weighted by Gasteiger charge is 2.14. The van der Waals surface area contributed by atoms with Gasteiger partial charge in [0.15, 0.2) is 11.6 Å². The molecule has 5 nitrogen and oxygen atoms in total. The molecule has 1 atom stereocenters. The predicted octanol–water partition coefficient (Wildman–Crippen LogP) is 0.653. The molecule has 0 aromatic carbocycles. The van der Waals surface area contributed by atoms with Gasteiger partial charge in [-0.25, -0.2) is 4.98 Å². The van der Waals surface area contributed by atoms with Crippen molar-refractivity contribution in [3.63, 3.8) is 0 Å². The van der Waals surface area contributed by atoms with E-state index in [9.17, 15) is 5.11 Å². The molecule has 1 aromatic heterocycles. The largest absolute Gasteiger partial charge is 0.503 e. The molecule has 0 aliphatic heterocycles. The molecule has 0 amide bonds. The van der Waals surface area contributed by atoms with Gasteiger partial charge in [0.25, 0.3) is 0 Å². The van der Waals surface area contributed by atoms with Crippen LogP contribution in [0.3, 0.4) is 0 Å². The summed E-state index contributed by atoms with van der Waals surface area (Å²) in [7, 11) is 1.71. The summed E-state index contributed by atoms with van der Waals surface area (Å²) >= 11 is 5.59. The van der Waals surface area contributed by atoms with Crippen molar-refractivity contribution in [3.8, 4) is 5.75 Å². The molecule has 0 fully saturated rings.